The van der Waals surface area contributed by atoms with Crippen molar-refractivity contribution in [1.29, 1.82) is 0 Å². The lowest BCUT2D eigenvalue weighted by molar-refractivity contribution is 0.0788. The molecule has 3 rings (SSSR count). The number of hydrogen-bond acceptors (Lipinski definition) is 4. The third-order valence-electron chi connectivity index (χ3n) is 4.62. The highest BCUT2D eigenvalue weighted by atomic mass is 16.2. The molecular weight excluding hydrogens is 316 g/mol. The van der Waals surface area contributed by atoms with Crippen molar-refractivity contribution in [3.63, 3.8) is 0 Å². The van der Waals surface area contributed by atoms with Gasteiger partial charge in [-0.2, -0.15) is 0 Å². The predicted octanol–water partition coefficient (Wildman–Crippen LogP) is 2.53. The van der Waals surface area contributed by atoms with Gasteiger partial charge < -0.3 is 9.88 Å². The van der Waals surface area contributed by atoms with Crippen molar-refractivity contribution in [3.8, 4) is 0 Å². The van der Waals surface area contributed by atoms with Gasteiger partial charge in [0.25, 0.3) is 11.5 Å². The number of hydrogen-bond donors (Lipinski definition) is 1. The molecule has 2 aromatic heterocycles. The molecule has 1 aliphatic heterocycles. The first-order chi connectivity index (χ1) is 11.8. The second kappa shape index (κ2) is 6.78. The first-order valence-electron chi connectivity index (χ1n) is 8.70. The Morgan fingerprint density at radius 2 is 1.92 bits per heavy atom. The average molecular weight is 340 g/mol. The van der Waals surface area contributed by atoms with Gasteiger partial charge in [0.1, 0.15) is 11.4 Å². The minimum atomic E-state index is -0.317. The third-order valence-corrected chi connectivity index (χ3v) is 4.62. The van der Waals surface area contributed by atoms with Crippen LogP contribution < -0.4 is 5.56 Å². The van der Waals surface area contributed by atoms with E-state index < -0.39 is 0 Å². The highest BCUT2D eigenvalue weighted by Gasteiger charge is 2.30. The summed E-state index contributed by atoms with van der Waals surface area (Å²) in [7, 11) is 0. The lowest BCUT2D eigenvalue weighted by Crippen LogP contribution is -2.33. The van der Waals surface area contributed by atoms with Gasteiger partial charge in [-0.15, -0.1) is 0 Å². The molecule has 0 radical (unpaired) electrons. The molecule has 1 atom stereocenters. The van der Waals surface area contributed by atoms with Crippen LogP contribution in [0, 0.1) is 13.8 Å². The van der Waals surface area contributed by atoms with Crippen LogP contribution in [0.25, 0.3) is 0 Å². The van der Waals surface area contributed by atoms with Crippen LogP contribution in [0.4, 0.5) is 0 Å². The topological polar surface area (TPSA) is 79.0 Å². The Labute approximate surface area is 147 Å². The number of aromatic amines is 1. The van der Waals surface area contributed by atoms with Gasteiger partial charge >= 0.3 is 0 Å². The number of carbonyl (C=O) groups excluding carboxylic acids is 1. The molecule has 0 saturated carbocycles. The molecule has 3 heterocycles. The average Bonchev–Trinajstić information content (AvgIpc) is 3.03. The summed E-state index contributed by atoms with van der Waals surface area (Å²) in [5.74, 6) is 0.909. The second-order valence-corrected chi connectivity index (χ2v) is 7.06. The summed E-state index contributed by atoms with van der Waals surface area (Å²) >= 11 is 0. The molecule has 25 heavy (non-hydrogen) atoms. The number of amides is 1. The van der Waals surface area contributed by atoms with Crippen LogP contribution in [0.1, 0.15) is 65.4 Å². The highest BCUT2D eigenvalue weighted by Crippen LogP contribution is 2.26. The van der Waals surface area contributed by atoms with Crippen molar-refractivity contribution in [3.05, 3.63) is 57.0 Å². The van der Waals surface area contributed by atoms with Crippen LogP contribution in [-0.2, 0) is 0 Å². The zero-order valence-electron chi connectivity index (χ0n) is 15.2. The van der Waals surface area contributed by atoms with Crippen LogP contribution in [0.2, 0.25) is 0 Å². The second-order valence-electron chi connectivity index (χ2n) is 7.06. The van der Waals surface area contributed by atoms with Gasteiger partial charge in [0.05, 0.1) is 0 Å². The van der Waals surface area contributed by atoms with Gasteiger partial charge in [0.2, 0.25) is 0 Å². The molecule has 132 valence electrons. The Morgan fingerprint density at radius 1 is 1.24 bits per heavy atom. The normalized spacial score (nSPS) is 17.3. The van der Waals surface area contributed by atoms with E-state index in [1.807, 2.05) is 39.8 Å². The fraction of sp³-hybridized carbons (Fsp3) is 0.474. The molecule has 1 fully saturated rings. The standard InChI is InChI=1S/C19H24N4O2/c1-11(2)16-6-5-15(18(24)22-16)19(25)23-8-7-14(10-23)17-20-12(3)9-13(4)21-17/h5-6,9,11,14H,7-8,10H2,1-4H3,(H,22,24). The quantitative estimate of drug-likeness (QED) is 0.931. The zero-order chi connectivity index (χ0) is 18.1. The number of nitrogens with one attached hydrogen (secondary N) is 1. The van der Waals surface area contributed by atoms with E-state index in [-0.39, 0.29) is 28.9 Å². The number of carbonyl (C=O) groups is 1. The summed E-state index contributed by atoms with van der Waals surface area (Å²) in [6.07, 6.45) is 0.816. The SMILES string of the molecule is Cc1cc(C)nc(C2CCN(C(=O)c3ccc(C(C)C)[nH]c3=O)C2)n1. The Hall–Kier alpha value is -2.50. The molecule has 0 spiro atoms. The van der Waals surface area contributed by atoms with E-state index in [0.29, 0.717) is 13.1 Å². The third kappa shape index (κ3) is 3.62. The molecule has 0 aliphatic carbocycles. The largest absolute Gasteiger partial charge is 0.338 e. The summed E-state index contributed by atoms with van der Waals surface area (Å²) in [5, 5.41) is 0. The summed E-state index contributed by atoms with van der Waals surface area (Å²) < 4.78 is 0. The van der Waals surface area contributed by atoms with Gasteiger partial charge in [-0.05, 0) is 44.4 Å². The number of aryl methyl sites for hydroxylation is 2. The number of likely N-dealkylation sites (tertiary alicyclic amines) is 1. The number of rotatable bonds is 3. The van der Waals surface area contributed by atoms with E-state index in [2.05, 4.69) is 15.0 Å². The van der Waals surface area contributed by atoms with Gasteiger partial charge in [-0.3, -0.25) is 9.59 Å². The van der Waals surface area contributed by atoms with Crippen molar-refractivity contribution in [2.24, 2.45) is 0 Å². The van der Waals surface area contributed by atoms with Gasteiger partial charge in [-0.25, -0.2) is 9.97 Å². The van der Waals surface area contributed by atoms with Crippen molar-refractivity contribution in [1.82, 2.24) is 19.9 Å². The Kier molecular flexibility index (Phi) is 4.70. The molecule has 1 saturated heterocycles. The van der Waals surface area contributed by atoms with Crippen LogP contribution in [0.15, 0.2) is 23.0 Å². The molecule has 6 nitrogen and oxygen atoms in total. The maximum absolute atomic E-state index is 12.7. The van der Waals surface area contributed by atoms with Crippen molar-refractivity contribution >= 4 is 5.91 Å². The Balaban J connectivity index is 1.78. The number of nitrogens with zero attached hydrogens (tertiary/aromatic N) is 3. The molecule has 1 aliphatic rings. The molecule has 0 bridgehead atoms. The van der Waals surface area contributed by atoms with Crippen LogP contribution >= 0.6 is 0 Å². The fourth-order valence-corrected chi connectivity index (χ4v) is 3.26. The number of H-pyrrole nitrogens is 1. The van der Waals surface area contributed by atoms with Gasteiger partial charge in [0.15, 0.2) is 0 Å². The smallest absolute Gasteiger partial charge is 0.261 e. The monoisotopic (exact) mass is 340 g/mol. The minimum absolute atomic E-state index is 0.122. The molecule has 1 N–H and O–H groups in total. The number of aromatic nitrogens is 3. The van der Waals surface area contributed by atoms with Crippen LogP contribution in [0.5, 0.6) is 0 Å². The first-order valence-corrected chi connectivity index (χ1v) is 8.70. The zero-order valence-corrected chi connectivity index (χ0v) is 15.2. The van der Waals surface area contributed by atoms with E-state index in [1.54, 1.807) is 11.0 Å². The first kappa shape index (κ1) is 17.3. The van der Waals surface area contributed by atoms with Gasteiger partial charge in [-0.1, -0.05) is 13.8 Å². The number of pyridine rings is 1. The lowest BCUT2D eigenvalue weighted by atomic mass is 10.1. The summed E-state index contributed by atoms with van der Waals surface area (Å²) in [4.78, 5) is 38.5. The summed E-state index contributed by atoms with van der Waals surface area (Å²) in [5.41, 5.74) is 2.60. The van der Waals surface area contributed by atoms with Gasteiger partial charge in [0, 0.05) is 36.1 Å². The molecular formula is C19H24N4O2. The summed E-state index contributed by atoms with van der Waals surface area (Å²) in [6, 6.07) is 5.40. The van der Waals surface area contributed by atoms with Crippen LogP contribution in [0.3, 0.4) is 0 Å². The fourth-order valence-electron chi connectivity index (χ4n) is 3.26. The maximum Gasteiger partial charge on any atom is 0.261 e. The van der Waals surface area contributed by atoms with Crippen LogP contribution in [-0.4, -0.2) is 38.8 Å². The molecule has 1 amide bonds. The molecule has 2 aromatic rings. The van der Waals surface area contributed by atoms with Crippen molar-refractivity contribution in [2.45, 2.75) is 46.0 Å². The minimum Gasteiger partial charge on any atom is -0.338 e. The molecule has 0 aromatic carbocycles. The lowest BCUT2D eigenvalue weighted by Gasteiger charge is -2.16. The Bertz CT molecular complexity index is 836. The summed E-state index contributed by atoms with van der Waals surface area (Å²) in [6.45, 7) is 9.07. The van der Waals surface area contributed by atoms with Crippen molar-refractivity contribution in [2.75, 3.05) is 13.1 Å². The molecule has 6 heteroatoms. The maximum atomic E-state index is 12.7. The van der Waals surface area contributed by atoms with E-state index in [4.69, 9.17) is 0 Å². The van der Waals surface area contributed by atoms with E-state index >= 15 is 0 Å². The van der Waals surface area contributed by atoms with Crippen molar-refractivity contribution < 1.29 is 4.79 Å². The van der Waals surface area contributed by atoms with E-state index in [0.717, 1.165) is 29.3 Å². The van der Waals surface area contributed by atoms with E-state index in [1.165, 1.54) is 0 Å². The Morgan fingerprint density at radius 3 is 2.52 bits per heavy atom. The molecule has 1 unspecified atom stereocenters. The highest BCUT2D eigenvalue weighted by molar-refractivity contribution is 5.94. The predicted molar refractivity (Wildman–Crippen MR) is 95.9 cm³/mol. The van der Waals surface area contributed by atoms with E-state index in [9.17, 15) is 9.59 Å².